The van der Waals surface area contributed by atoms with Gasteiger partial charge in [-0.15, -0.1) is 0 Å². The van der Waals surface area contributed by atoms with Crippen LogP contribution < -0.4 is 9.47 Å². The summed E-state index contributed by atoms with van der Waals surface area (Å²) in [6.45, 7) is 5.01. The van der Waals surface area contributed by atoms with Crippen molar-refractivity contribution in [2.75, 3.05) is 13.2 Å². The van der Waals surface area contributed by atoms with Crippen LogP contribution in [-0.2, 0) is 25.5 Å². The Bertz CT molecular complexity index is 576. The number of carbonyl (C=O) groups excluding carboxylic acids is 2. The Kier molecular flexibility index (Phi) is 5.10. The second-order valence-electron chi connectivity index (χ2n) is 5.10. The standard InChI is InChI=1S/C16H20O7/c1-4-20-14(18)16(15(19)21-5-2)22-12-7-6-11(8-10(3)17)9-13(12)23-16/h6-7,9-10,17H,4-5,8H2,1-3H3. The van der Waals surface area contributed by atoms with Gasteiger partial charge < -0.3 is 24.1 Å². The summed E-state index contributed by atoms with van der Waals surface area (Å²) in [5, 5.41) is 9.45. The van der Waals surface area contributed by atoms with E-state index in [9.17, 15) is 14.7 Å². The predicted octanol–water partition coefficient (Wildman–Crippen LogP) is 1.20. The first kappa shape index (κ1) is 17.1. The molecule has 1 aromatic carbocycles. The molecule has 7 nitrogen and oxygen atoms in total. The maximum absolute atomic E-state index is 12.2. The molecule has 0 fully saturated rings. The van der Waals surface area contributed by atoms with E-state index >= 15 is 0 Å². The van der Waals surface area contributed by atoms with Crippen molar-refractivity contribution >= 4 is 11.9 Å². The van der Waals surface area contributed by atoms with Gasteiger partial charge in [0.25, 0.3) is 0 Å². The van der Waals surface area contributed by atoms with Gasteiger partial charge in [0.05, 0.1) is 19.3 Å². The summed E-state index contributed by atoms with van der Waals surface area (Å²) in [4.78, 5) is 24.4. The van der Waals surface area contributed by atoms with Crippen LogP contribution in [0.1, 0.15) is 26.3 Å². The first-order chi connectivity index (χ1) is 10.9. The molecular formula is C16H20O7. The normalized spacial score (nSPS) is 15.8. The summed E-state index contributed by atoms with van der Waals surface area (Å²) < 4.78 is 20.7. The number of aliphatic hydroxyl groups is 1. The third kappa shape index (κ3) is 3.39. The minimum Gasteiger partial charge on any atom is -0.460 e. The topological polar surface area (TPSA) is 91.3 Å². The van der Waals surface area contributed by atoms with Crippen molar-refractivity contribution in [3.05, 3.63) is 23.8 Å². The molecule has 1 aliphatic rings. The first-order valence-corrected chi connectivity index (χ1v) is 7.46. The number of rotatable bonds is 6. The minimum absolute atomic E-state index is 0.0658. The summed E-state index contributed by atoms with van der Waals surface area (Å²) in [6, 6.07) is 4.91. The fourth-order valence-electron chi connectivity index (χ4n) is 2.22. The van der Waals surface area contributed by atoms with Crippen LogP contribution in [0.2, 0.25) is 0 Å². The molecule has 0 spiro atoms. The van der Waals surface area contributed by atoms with Crippen molar-refractivity contribution in [3.8, 4) is 11.5 Å². The molecule has 0 aliphatic carbocycles. The van der Waals surface area contributed by atoms with Crippen molar-refractivity contribution < 1.29 is 33.6 Å². The van der Waals surface area contributed by atoms with E-state index in [1.165, 1.54) is 0 Å². The van der Waals surface area contributed by atoms with Gasteiger partial charge in [0.2, 0.25) is 0 Å². The molecule has 0 amide bonds. The van der Waals surface area contributed by atoms with E-state index in [0.29, 0.717) is 6.42 Å². The Morgan fingerprint density at radius 3 is 2.22 bits per heavy atom. The predicted molar refractivity (Wildman–Crippen MR) is 79.1 cm³/mol. The van der Waals surface area contributed by atoms with Gasteiger partial charge in [-0.3, -0.25) is 0 Å². The van der Waals surface area contributed by atoms with Crippen LogP contribution in [0.4, 0.5) is 0 Å². The molecule has 0 aromatic heterocycles. The second kappa shape index (κ2) is 6.87. The maximum Gasteiger partial charge on any atom is 0.453 e. The van der Waals surface area contributed by atoms with Crippen molar-refractivity contribution in [1.82, 2.24) is 0 Å². The molecule has 1 aliphatic heterocycles. The Morgan fingerprint density at radius 1 is 1.13 bits per heavy atom. The molecular weight excluding hydrogens is 304 g/mol. The molecule has 1 aromatic rings. The zero-order valence-corrected chi connectivity index (χ0v) is 13.3. The average molecular weight is 324 g/mol. The smallest absolute Gasteiger partial charge is 0.453 e. The molecule has 1 heterocycles. The van der Waals surface area contributed by atoms with Crippen LogP contribution in [-0.4, -0.2) is 42.1 Å². The number of hydrogen-bond acceptors (Lipinski definition) is 7. The summed E-state index contributed by atoms with van der Waals surface area (Å²) in [5.41, 5.74) is 0.783. The average Bonchev–Trinajstić information content (AvgIpc) is 2.87. The Hall–Kier alpha value is -2.28. The van der Waals surface area contributed by atoms with Gasteiger partial charge in [0.15, 0.2) is 11.5 Å². The van der Waals surface area contributed by atoms with Crippen LogP contribution in [0.3, 0.4) is 0 Å². The van der Waals surface area contributed by atoms with E-state index in [1.807, 2.05) is 0 Å². The van der Waals surface area contributed by atoms with Gasteiger partial charge in [-0.1, -0.05) is 6.07 Å². The van der Waals surface area contributed by atoms with Crippen molar-refractivity contribution in [2.45, 2.75) is 39.1 Å². The highest BCUT2D eigenvalue weighted by Crippen LogP contribution is 2.41. The summed E-state index contributed by atoms with van der Waals surface area (Å²) >= 11 is 0. The van der Waals surface area contributed by atoms with E-state index in [0.717, 1.165) is 5.56 Å². The van der Waals surface area contributed by atoms with Crippen LogP contribution in [0, 0.1) is 0 Å². The van der Waals surface area contributed by atoms with Crippen LogP contribution >= 0.6 is 0 Å². The zero-order valence-electron chi connectivity index (χ0n) is 13.3. The Balaban J connectivity index is 2.32. The fourth-order valence-corrected chi connectivity index (χ4v) is 2.22. The SMILES string of the molecule is CCOC(=O)C1(C(=O)OCC)Oc2ccc(CC(C)O)cc2O1. The highest BCUT2D eigenvalue weighted by Gasteiger charge is 2.59. The molecule has 0 saturated heterocycles. The van der Waals surface area contributed by atoms with Gasteiger partial charge >= 0.3 is 17.7 Å². The summed E-state index contributed by atoms with van der Waals surface area (Å²) in [7, 11) is 0. The fraction of sp³-hybridized carbons (Fsp3) is 0.500. The lowest BCUT2D eigenvalue weighted by molar-refractivity contribution is -0.202. The lowest BCUT2D eigenvalue weighted by Crippen LogP contribution is -2.55. The molecule has 0 saturated carbocycles. The summed E-state index contributed by atoms with van der Waals surface area (Å²) in [5.74, 6) is -3.75. The number of ether oxygens (including phenoxy) is 4. The Morgan fingerprint density at radius 2 is 1.70 bits per heavy atom. The van der Waals surface area contributed by atoms with Crippen LogP contribution in [0.5, 0.6) is 11.5 Å². The first-order valence-electron chi connectivity index (χ1n) is 7.46. The lowest BCUT2D eigenvalue weighted by atomic mass is 10.1. The molecule has 126 valence electrons. The quantitative estimate of drug-likeness (QED) is 0.621. The molecule has 7 heteroatoms. The van der Waals surface area contributed by atoms with Gasteiger partial charge in [-0.25, -0.2) is 9.59 Å². The van der Waals surface area contributed by atoms with Gasteiger partial charge in [0, 0.05) is 0 Å². The molecule has 1 N–H and O–H groups in total. The van der Waals surface area contributed by atoms with Crippen LogP contribution in [0.25, 0.3) is 0 Å². The zero-order chi connectivity index (χ0) is 17.0. The molecule has 1 atom stereocenters. The molecule has 0 radical (unpaired) electrons. The highest BCUT2D eigenvalue weighted by atomic mass is 16.8. The number of aliphatic hydroxyl groups excluding tert-OH is 1. The van der Waals surface area contributed by atoms with Crippen molar-refractivity contribution in [1.29, 1.82) is 0 Å². The number of fused-ring (bicyclic) bond motifs is 1. The number of carbonyl (C=O) groups is 2. The Labute approximate surface area is 134 Å². The van der Waals surface area contributed by atoms with E-state index in [4.69, 9.17) is 18.9 Å². The molecule has 0 bridgehead atoms. The molecule has 23 heavy (non-hydrogen) atoms. The van der Waals surface area contributed by atoms with Crippen LogP contribution in [0.15, 0.2) is 18.2 Å². The highest BCUT2D eigenvalue weighted by molar-refractivity contribution is 6.03. The van der Waals surface area contributed by atoms with E-state index in [1.54, 1.807) is 39.0 Å². The van der Waals surface area contributed by atoms with Crippen molar-refractivity contribution in [2.24, 2.45) is 0 Å². The van der Waals surface area contributed by atoms with Crippen molar-refractivity contribution in [3.63, 3.8) is 0 Å². The van der Waals surface area contributed by atoms with Gasteiger partial charge in [-0.2, -0.15) is 0 Å². The minimum atomic E-state index is -2.28. The molecule has 2 rings (SSSR count). The number of hydrogen-bond donors (Lipinski definition) is 1. The monoisotopic (exact) mass is 324 g/mol. The summed E-state index contributed by atoms with van der Waals surface area (Å²) in [6.07, 6.45) is -0.127. The van der Waals surface area contributed by atoms with E-state index < -0.39 is 23.8 Å². The van der Waals surface area contributed by atoms with E-state index in [2.05, 4.69) is 0 Å². The van der Waals surface area contributed by atoms with Gasteiger partial charge in [-0.05, 0) is 44.9 Å². The number of benzene rings is 1. The lowest BCUT2D eigenvalue weighted by Gasteiger charge is -2.22. The molecule has 1 unspecified atom stereocenters. The third-order valence-electron chi connectivity index (χ3n) is 3.13. The van der Waals surface area contributed by atoms with E-state index in [-0.39, 0.29) is 24.7 Å². The second-order valence-corrected chi connectivity index (χ2v) is 5.10. The largest absolute Gasteiger partial charge is 0.460 e. The third-order valence-corrected chi connectivity index (χ3v) is 3.13. The maximum atomic E-state index is 12.2. The number of esters is 2. The van der Waals surface area contributed by atoms with Gasteiger partial charge in [0.1, 0.15) is 0 Å².